The molecule has 0 aliphatic rings. The molecule has 0 aromatic heterocycles. The summed E-state index contributed by atoms with van der Waals surface area (Å²) in [5.41, 5.74) is 1.58. The van der Waals surface area contributed by atoms with Gasteiger partial charge >= 0.3 is 5.97 Å². The second kappa shape index (κ2) is 5.67. The van der Waals surface area contributed by atoms with Gasteiger partial charge in [-0.2, -0.15) is 0 Å². The molecule has 0 radical (unpaired) electrons. The maximum absolute atomic E-state index is 11.4. The zero-order chi connectivity index (χ0) is 13.8. The third kappa shape index (κ3) is 2.82. The molecule has 0 fully saturated rings. The van der Waals surface area contributed by atoms with Crippen molar-refractivity contribution in [3.05, 3.63) is 54.1 Å². The molecule has 98 valence electrons. The van der Waals surface area contributed by atoms with Crippen molar-refractivity contribution in [2.75, 3.05) is 7.11 Å². The number of carbonyl (C=O) groups excluding carboxylic acids is 1. The van der Waals surface area contributed by atoms with Crippen molar-refractivity contribution in [3.8, 4) is 11.1 Å². The lowest BCUT2D eigenvalue weighted by molar-refractivity contribution is 0.0600. The van der Waals surface area contributed by atoms with Gasteiger partial charge in [0.1, 0.15) is 0 Å². The summed E-state index contributed by atoms with van der Waals surface area (Å²) >= 11 is 0. The number of rotatable bonds is 3. The van der Waals surface area contributed by atoms with E-state index in [1.165, 1.54) is 13.2 Å². The summed E-state index contributed by atoms with van der Waals surface area (Å²) < 4.78 is 27.3. The van der Waals surface area contributed by atoms with Gasteiger partial charge in [-0.25, -0.2) is 13.2 Å². The topological polar surface area (TPSA) is 60.4 Å². The molecule has 4 nitrogen and oxygen atoms in total. The lowest BCUT2D eigenvalue weighted by Gasteiger charge is -2.07. The summed E-state index contributed by atoms with van der Waals surface area (Å²) in [6.45, 7) is 0. The van der Waals surface area contributed by atoms with Crippen LogP contribution in [0, 0.1) is 0 Å². The Morgan fingerprint density at radius 2 is 1.74 bits per heavy atom. The fourth-order valence-electron chi connectivity index (χ4n) is 1.79. The maximum Gasteiger partial charge on any atom is 0.337 e. The van der Waals surface area contributed by atoms with Crippen LogP contribution in [0.2, 0.25) is 0 Å². The smallest absolute Gasteiger partial charge is 0.337 e. The normalized spacial score (nSPS) is 10.4. The van der Waals surface area contributed by atoms with Crippen molar-refractivity contribution in [1.29, 1.82) is 0 Å². The van der Waals surface area contributed by atoms with Crippen molar-refractivity contribution in [3.63, 3.8) is 0 Å². The highest BCUT2D eigenvalue weighted by Gasteiger charge is 2.12. The molecule has 0 aliphatic heterocycles. The molecule has 0 unspecified atom stereocenters. The minimum atomic E-state index is -2.79. The van der Waals surface area contributed by atoms with Crippen LogP contribution in [-0.4, -0.2) is 21.5 Å². The van der Waals surface area contributed by atoms with Gasteiger partial charge in [-0.1, -0.05) is 36.4 Å². The molecule has 0 heterocycles. The Hall–Kier alpha value is -2.14. The van der Waals surface area contributed by atoms with Crippen LogP contribution >= 0.6 is 0 Å². The Bertz CT molecular complexity index is 667. The Kier molecular flexibility index (Phi) is 3.97. The van der Waals surface area contributed by atoms with E-state index in [1.54, 1.807) is 12.1 Å². The summed E-state index contributed by atoms with van der Waals surface area (Å²) in [4.78, 5) is 11.5. The van der Waals surface area contributed by atoms with Crippen LogP contribution in [0.3, 0.4) is 0 Å². The first kappa shape index (κ1) is 13.3. The van der Waals surface area contributed by atoms with Crippen molar-refractivity contribution in [1.82, 2.24) is 0 Å². The van der Waals surface area contributed by atoms with Gasteiger partial charge in [-0.3, -0.25) is 0 Å². The van der Waals surface area contributed by atoms with E-state index in [0.29, 0.717) is 5.56 Å². The molecule has 0 saturated heterocycles. The van der Waals surface area contributed by atoms with Crippen LogP contribution in [0.25, 0.3) is 11.1 Å². The average Bonchev–Trinajstić information content (AvgIpc) is 2.46. The second-order valence-electron chi connectivity index (χ2n) is 3.85. The van der Waals surface area contributed by atoms with Crippen LogP contribution in [0.4, 0.5) is 0 Å². The fraction of sp³-hybridized carbons (Fsp3) is 0.0714. The quantitative estimate of drug-likeness (QED) is 0.689. The Labute approximate surface area is 112 Å². The second-order valence-corrected chi connectivity index (χ2v) is 4.84. The van der Waals surface area contributed by atoms with Crippen molar-refractivity contribution >= 4 is 16.7 Å². The van der Waals surface area contributed by atoms with Gasteiger partial charge in [0.05, 0.1) is 17.6 Å². The van der Waals surface area contributed by atoms with Crippen LogP contribution in [0.5, 0.6) is 0 Å². The van der Waals surface area contributed by atoms with Crippen molar-refractivity contribution < 1.29 is 17.9 Å². The molecule has 5 heteroatoms. The number of carbonyl (C=O) groups is 1. The van der Waals surface area contributed by atoms with Gasteiger partial charge in [0, 0.05) is 5.56 Å². The summed E-state index contributed by atoms with van der Waals surface area (Å²) in [6.07, 6.45) is 0. The molecular weight excluding hydrogens is 264 g/mol. The molecular formula is C14H12O4S. The van der Waals surface area contributed by atoms with E-state index in [9.17, 15) is 13.2 Å². The molecule has 0 N–H and O–H groups in total. The number of ether oxygens (including phenoxy) is 1. The summed E-state index contributed by atoms with van der Waals surface area (Å²) in [5, 5.41) is 0. The van der Waals surface area contributed by atoms with Gasteiger partial charge in [0.25, 0.3) is 0 Å². The Balaban J connectivity index is 2.60. The SMILES string of the molecule is COC(=O)c1ccc(-c2ccccc2)c([SH](=O)=O)c1. The number of hydrogen-bond donors (Lipinski definition) is 1. The molecule has 0 amide bonds. The highest BCUT2D eigenvalue weighted by molar-refractivity contribution is 7.72. The van der Waals surface area contributed by atoms with E-state index in [0.717, 1.165) is 5.56 Å². The van der Waals surface area contributed by atoms with E-state index in [2.05, 4.69) is 4.74 Å². The molecule has 2 aromatic rings. The number of esters is 1. The van der Waals surface area contributed by atoms with Crippen molar-refractivity contribution in [2.45, 2.75) is 4.90 Å². The Morgan fingerprint density at radius 1 is 1.05 bits per heavy atom. The molecule has 0 atom stereocenters. The van der Waals surface area contributed by atoms with Crippen LogP contribution in [-0.2, 0) is 15.4 Å². The number of hydrogen-bond acceptors (Lipinski definition) is 4. The lowest BCUT2D eigenvalue weighted by atomic mass is 10.0. The van der Waals surface area contributed by atoms with Gasteiger partial charge < -0.3 is 4.74 Å². The van der Waals surface area contributed by atoms with Crippen LogP contribution < -0.4 is 0 Å². The van der Waals surface area contributed by atoms with Crippen LogP contribution in [0.15, 0.2) is 53.4 Å². The van der Waals surface area contributed by atoms with Gasteiger partial charge in [0.15, 0.2) is 10.7 Å². The standard InChI is InChI=1S/C14H12O4S/c1-18-14(15)11-7-8-12(13(9-11)19(16)17)10-5-3-2-4-6-10/h2-9,19H,1H3. The van der Waals surface area contributed by atoms with E-state index >= 15 is 0 Å². The van der Waals surface area contributed by atoms with Gasteiger partial charge in [-0.15, -0.1) is 0 Å². The lowest BCUT2D eigenvalue weighted by Crippen LogP contribution is -2.02. The molecule has 0 saturated carbocycles. The number of methoxy groups -OCH3 is 1. The highest BCUT2D eigenvalue weighted by Crippen LogP contribution is 2.26. The molecule has 19 heavy (non-hydrogen) atoms. The largest absolute Gasteiger partial charge is 0.465 e. The molecule has 2 aromatic carbocycles. The zero-order valence-corrected chi connectivity index (χ0v) is 11.1. The van der Waals surface area contributed by atoms with Crippen molar-refractivity contribution in [2.24, 2.45) is 0 Å². The van der Waals surface area contributed by atoms with E-state index in [-0.39, 0.29) is 10.5 Å². The fourth-order valence-corrected chi connectivity index (χ4v) is 2.43. The zero-order valence-electron chi connectivity index (χ0n) is 10.2. The summed E-state index contributed by atoms with van der Waals surface area (Å²) in [7, 11) is -1.54. The molecule has 0 spiro atoms. The maximum atomic E-state index is 11.4. The summed E-state index contributed by atoms with van der Waals surface area (Å²) in [6, 6.07) is 13.6. The minimum absolute atomic E-state index is 0.115. The first-order valence-corrected chi connectivity index (χ1v) is 6.73. The first-order chi connectivity index (χ1) is 9.13. The van der Waals surface area contributed by atoms with E-state index in [4.69, 9.17) is 0 Å². The van der Waals surface area contributed by atoms with Crippen LogP contribution in [0.1, 0.15) is 10.4 Å². The van der Waals surface area contributed by atoms with E-state index < -0.39 is 16.7 Å². The average molecular weight is 276 g/mol. The minimum Gasteiger partial charge on any atom is -0.465 e. The van der Waals surface area contributed by atoms with Gasteiger partial charge in [-0.05, 0) is 17.7 Å². The highest BCUT2D eigenvalue weighted by atomic mass is 32.2. The Morgan fingerprint density at radius 3 is 2.32 bits per heavy atom. The molecule has 0 aliphatic carbocycles. The molecule has 2 rings (SSSR count). The predicted molar refractivity (Wildman–Crippen MR) is 71.8 cm³/mol. The third-order valence-electron chi connectivity index (χ3n) is 2.70. The first-order valence-electron chi connectivity index (χ1n) is 5.55. The van der Waals surface area contributed by atoms with Gasteiger partial charge in [0.2, 0.25) is 0 Å². The predicted octanol–water partition coefficient (Wildman–Crippen LogP) is 2.11. The monoisotopic (exact) mass is 276 g/mol. The third-order valence-corrected chi connectivity index (χ3v) is 3.46. The number of benzene rings is 2. The number of thiol groups is 1. The summed E-state index contributed by atoms with van der Waals surface area (Å²) in [5.74, 6) is -0.558. The van der Waals surface area contributed by atoms with E-state index in [1.807, 2.05) is 30.3 Å². The molecule has 0 bridgehead atoms.